The summed E-state index contributed by atoms with van der Waals surface area (Å²) in [5.74, 6) is 1.82. The first-order valence-corrected chi connectivity index (χ1v) is 3.86. The molecule has 52 valence electrons. The van der Waals surface area contributed by atoms with Gasteiger partial charge in [-0.15, -0.1) is 0 Å². The Hall–Kier alpha value is -0.260. The van der Waals surface area contributed by atoms with Crippen LogP contribution in [0.4, 0.5) is 0 Å². The third kappa shape index (κ3) is 1.57. The Morgan fingerprint density at radius 2 is 2.00 bits per heavy atom. The molecule has 0 spiro atoms. The van der Waals surface area contributed by atoms with Crippen LogP contribution < -0.4 is 0 Å². The van der Waals surface area contributed by atoms with Gasteiger partial charge < -0.3 is 0 Å². The zero-order valence-corrected chi connectivity index (χ0v) is 6.65. The van der Waals surface area contributed by atoms with Gasteiger partial charge in [-0.1, -0.05) is 25.5 Å². The summed E-state index contributed by atoms with van der Waals surface area (Å²) in [5, 5.41) is 0. The van der Waals surface area contributed by atoms with Crippen molar-refractivity contribution in [1.82, 2.24) is 0 Å². The molecule has 1 rings (SSSR count). The van der Waals surface area contributed by atoms with Crippen LogP contribution in [-0.2, 0) is 0 Å². The van der Waals surface area contributed by atoms with Crippen LogP contribution in [0.5, 0.6) is 0 Å². The molecular weight excluding hydrogens is 108 g/mol. The maximum Gasteiger partial charge on any atom is -0.0295 e. The largest absolute Gasteiger partial charge is 0.0853 e. The number of hydrogen-bond donors (Lipinski definition) is 0. The molecule has 0 nitrogen and oxygen atoms in total. The van der Waals surface area contributed by atoms with Crippen LogP contribution in [0.2, 0.25) is 0 Å². The molecule has 0 fully saturated rings. The predicted molar refractivity (Wildman–Crippen MR) is 41.3 cm³/mol. The molecule has 0 saturated carbocycles. The molecule has 2 atom stereocenters. The van der Waals surface area contributed by atoms with Crippen LogP contribution in [0, 0.1) is 11.8 Å². The van der Waals surface area contributed by atoms with E-state index in [-0.39, 0.29) is 0 Å². The van der Waals surface area contributed by atoms with E-state index in [2.05, 4.69) is 26.8 Å². The average Bonchev–Trinajstić information content (AvgIpc) is 1.80. The second-order valence-electron chi connectivity index (χ2n) is 3.44. The minimum Gasteiger partial charge on any atom is -0.0853 e. The summed E-state index contributed by atoms with van der Waals surface area (Å²) in [4.78, 5) is 0. The van der Waals surface area contributed by atoms with Crippen LogP contribution in [0.3, 0.4) is 0 Å². The molecule has 0 amide bonds. The van der Waals surface area contributed by atoms with E-state index in [1.54, 1.807) is 5.57 Å². The van der Waals surface area contributed by atoms with Crippen molar-refractivity contribution in [3.63, 3.8) is 0 Å². The van der Waals surface area contributed by atoms with Gasteiger partial charge in [0.25, 0.3) is 0 Å². The van der Waals surface area contributed by atoms with E-state index in [1.165, 1.54) is 12.8 Å². The zero-order valence-electron chi connectivity index (χ0n) is 6.65. The van der Waals surface area contributed by atoms with E-state index in [1.807, 2.05) is 0 Å². The highest BCUT2D eigenvalue weighted by atomic mass is 14.2. The lowest BCUT2D eigenvalue weighted by molar-refractivity contribution is 0.369. The second-order valence-corrected chi connectivity index (χ2v) is 3.44. The fraction of sp³-hybridized carbons (Fsp3) is 0.778. The summed E-state index contributed by atoms with van der Waals surface area (Å²) >= 11 is 0. The quantitative estimate of drug-likeness (QED) is 0.435. The summed E-state index contributed by atoms with van der Waals surface area (Å²) < 4.78 is 0. The van der Waals surface area contributed by atoms with Crippen molar-refractivity contribution in [3.8, 4) is 0 Å². The van der Waals surface area contributed by atoms with E-state index in [0.717, 1.165) is 11.8 Å². The molecule has 0 aromatic carbocycles. The van der Waals surface area contributed by atoms with Crippen LogP contribution in [0.25, 0.3) is 0 Å². The summed E-state index contributed by atoms with van der Waals surface area (Å²) in [6.07, 6.45) is 5.00. The molecule has 0 unspecified atom stereocenters. The molecule has 9 heavy (non-hydrogen) atoms. The van der Waals surface area contributed by atoms with Gasteiger partial charge in [-0.3, -0.25) is 0 Å². The van der Waals surface area contributed by atoms with Gasteiger partial charge in [0, 0.05) is 0 Å². The SMILES string of the molecule is CC1=CC[C@@H](C)[C@H](C)C1. The lowest BCUT2D eigenvalue weighted by atomic mass is 9.83. The van der Waals surface area contributed by atoms with E-state index in [0.29, 0.717) is 0 Å². The molecule has 0 N–H and O–H groups in total. The van der Waals surface area contributed by atoms with Crippen molar-refractivity contribution in [2.45, 2.75) is 33.6 Å². The van der Waals surface area contributed by atoms with Gasteiger partial charge in [0.1, 0.15) is 0 Å². The lowest BCUT2D eigenvalue weighted by Gasteiger charge is -2.23. The first-order valence-electron chi connectivity index (χ1n) is 3.86. The van der Waals surface area contributed by atoms with Gasteiger partial charge in [0.2, 0.25) is 0 Å². The standard InChI is InChI=1S/C9H16/c1-7-4-5-8(2)9(3)6-7/h4,8-9H,5-6H2,1-3H3/t8-,9-/m1/s1. The Morgan fingerprint density at radius 3 is 2.44 bits per heavy atom. The molecule has 0 heterocycles. The fourth-order valence-corrected chi connectivity index (χ4v) is 1.41. The van der Waals surface area contributed by atoms with E-state index in [4.69, 9.17) is 0 Å². The third-order valence-corrected chi connectivity index (χ3v) is 2.45. The second kappa shape index (κ2) is 2.55. The highest BCUT2D eigenvalue weighted by Gasteiger charge is 2.15. The molecule has 0 heteroatoms. The van der Waals surface area contributed by atoms with Crippen LogP contribution in [0.15, 0.2) is 11.6 Å². The Bertz CT molecular complexity index is 122. The zero-order chi connectivity index (χ0) is 6.85. The summed E-state index contributed by atoms with van der Waals surface area (Å²) in [5.41, 5.74) is 1.58. The molecule has 0 aliphatic heterocycles. The van der Waals surface area contributed by atoms with Crippen LogP contribution >= 0.6 is 0 Å². The molecule has 0 aromatic rings. The number of hydrogen-bond acceptors (Lipinski definition) is 0. The highest BCUT2D eigenvalue weighted by Crippen LogP contribution is 2.27. The number of rotatable bonds is 0. The number of allylic oxidation sites excluding steroid dienone is 2. The monoisotopic (exact) mass is 124 g/mol. The summed E-state index contributed by atoms with van der Waals surface area (Å²) in [6, 6.07) is 0. The van der Waals surface area contributed by atoms with Crippen molar-refractivity contribution < 1.29 is 0 Å². The maximum absolute atomic E-state index is 2.38. The molecule has 0 saturated heterocycles. The van der Waals surface area contributed by atoms with Crippen molar-refractivity contribution in [3.05, 3.63) is 11.6 Å². The Morgan fingerprint density at radius 1 is 1.33 bits per heavy atom. The smallest absolute Gasteiger partial charge is 0.0295 e. The molecule has 1 aliphatic rings. The molecule has 0 radical (unpaired) electrons. The topological polar surface area (TPSA) is 0 Å². The first kappa shape index (κ1) is 6.85. The predicted octanol–water partition coefficient (Wildman–Crippen LogP) is 3.00. The minimum atomic E-state index is 0.911. The normalized spacial score (nSPS) is 36.1. The summed E-state index contributed by atoms with van der Waals surface area (Å²) in [6.45, 7) is 6.93. The molecule has 0 aromatic heterocycles. The fourth-order valence-electron chi connectivity index (χ4n) is 1.41. The molecular formula is C9H16. The van der Waals surface area contributed by atoms with Crippen LogP contribution in [0.1, 0.15) is 33.6 Å². The van der Waals surface area contributed by atoms with Crippen molar-refractivity contribution >= 4 is 0 Å². The van der Waals surface area contributed by atoms with E-state index < -0.39 is 0 Å². The van der Waals surface area contributed by atoms with Gasteiger partial charge in [-0.25, -0.2) is 0 Å². The highest BCUT2D eigenvalue weighted by molar-refractivity contribution is 5.04. The van der Waals surface area contributed by atoms with Gasteiger partial charge >= 0.3 is 0 Å². The van der Waals surface area contributed by atoms with Crippen molar-refractivity contribution in [2.24, 2.45) is 11.8 Å². The lowest BCUT2D eigenvalue weighted by Crippen LogP contribution is -2.11. The van der Waals surface area contributed by atoms with Gasteiger partial charge in [0.15, 0.2) is 0 Å². The van der Waals surface area contributed by atoms with Gasteiger partial charge in [0.05, 0.1) is 0 Å². The Labute approximate surface area is 58.0 Å². The van der Waals surface area contributed by atoms with Crippen molar-refractivity contribution in [2.75, 3.05) is 0 Å². The molecule has 0 bridgehead atoms. The van der Waals surface area contributed by atoms with E-state index in [9.17, 15) is 0 Å². The van der Waals surface area contributed by atoms with Crippen molar-refractivity contribution in [1.29, 1.82) is 0 Å². The Balaban J connectivity index is 2.54. The van der Waals surface area contributed by atoms with Crippen LogP contribution in [-0.4, -0.2) is 0 Å². The van der Waals surface area contributed by atoms with Gasteiger partial charge in [-0.2, -0.15) is 0 Å². The van der Waals surface area contributed by atoms with Gasteiger partial charge in [-0.05, 0) is 31.6 Å². The minimum absolute atomic E-state index is 0.911. The first-order chi connectivity index (χ1) is 4.20. The maximum atomic E-state index is 2.38. The van der Waals surface area contributed by atoms with E-state index >= 15 is 0 Å². The summed E-state index contributed by atoms with van der Waals surface area (Å²) in [7, 11) is 0. The average molecular weight is 124 g/mol. The Kier molecular flexibility index (Phi) is 1.94. The third-order valence-electron chi connectivity index (χ3n) is 2.45. The molecule has 1 aliphatic carbocycles.